The fourth-order valence-electron chi connectivity index (χ4n) is 1.13. The lowest BCUT2D eigenvalue weighted by Gasteiger charge is -2.02. The van der Waals surface area contributed by atoms with E-state index in [1.165, 1.54) is 0 Å². The second-order valence-electron chi connectivity index (χ2n) is 2.94. The third-order valence-electron chi connectivity index (χ3n) is 1.99. The van der Waals surface area contributed by atoms with Crippen molar-refractivity contribution in [2.24, 2.45) is 0 Å². The van der Waals surface area contributed by atoms with E-state index >= 15 is 0 Å². The van der Waals surface area contributed by atoms with Gasteiger partial charge in [-0.3, -0.25) is 0 Å². The molecule has 0 bridgehead atoms. The highest BCUT2D eigenvalue weighted by Gasteiger charge is 2.00. The smallest absolute Gasteiger partial charge is 0.126 e. The van der Waals surface area contributed by atoms with Gasteiger partial charge in [0.25, 0.3) is 0 Å². The van der Waals surface area contributed by atoms with E-state index in [1.807, 2.05) is 32.1 Å². The molecule has 1 heteroatoms. The van der Waals surface area contributed by atoms with E-state index in [-0.39, 0.29) is 5.82 Å². The monoisotopic (exact) mass is 164 g/mol. The molecule has 0 aliphatic heterocycles. The fourth-order valence-corrected chi connectivity index (χ4v) is 1.13. The number of rotatable bonds is 1. The number of hydrogen-bond acceptors (Lipinski definition) is 0. The van der Waals surface area contributed by atoms with Gasteiger partial charge in [-0.1, -0.05) is 18.2 Å². The highest BCUT2D eigenvalue weighted by molar-refractivity contribution is 5.51. The summed E-state index contributed by atoms with van der Waals surface area (Å²) in [6, 6.07) is 3.54. The molecule has 12 heavy (non-hydrogen) atoms. The molecule has 0 saturated carbocycles. The molecular formula is C11H13F. The normalized spacial score (nSPS) is 11.0. The maximum absolute atomic E-state index is 13.1. The molecule has 0 unspecified atom stereocenters. The first-order valence-corrected chi connectivity index (χ1v) is 4.04. The molecule has 0 spiro atoms. The summed E-state index contributed by atoms with van der Waals surface area (Å²) in [4.78, 5) is 0. The van der Waals surface area contributed by atoms with E-state index in [0.717, 1.165) is 16.7 Å². The molecule has 64 valence electrons. The summed E-state index contributed by atoms with van der Waals surface area (Å²) < 4.78 is 13.1. The first-order valence-electron chi connectivity index (χ1n) is 4.04. The van der Waals surface area contributed by atoms with Crippen molar-refractivity contribution >= 4 is 6.08 Å². The van der Waals surface area contributed by atoms with Crippen molar-refractivity contribution in [3.63, 3.8) is 0 Å². The van der Waals surface area contributed by atoms with E-state index in [1.54, 1.807) is 13.0 Å². The summed E-state index contributed by atoms with van der Waals surface area (Å²) in [5.41, 5.74) is 2.67. The molecule has 0 saturated heterocycles. The summed E-state index contributed by atoms with van der Waals surface area (Å²) >= 11 is 0. The van der Waals surface area contributed by atoms with Crippen LogP contribution in [0, 0.1) is 19.7 Å². The average Bonchev–Trinajstić information content (AvgIpc) is 2.01. The zero-order chi connectivity index (χ0) is 9.14. The van der Waals surface area contributed by atoms with Crippen LogP contribution in [0.4, 0.5) is 4.39 Å². The van der Waals surface area contributed by atoms with Gasteiger partial charge in [-0.15, -0.1) is 0 Å². The van der Waals surface area contributed by atoms with Crippen molar-refractivity contribution in [1.82, 2.24) is 0 Å². The van der Waals surface area contributed by atoms with E-state index in [0.29, 0.717) is 0 Å². The van der Waals surface area contributed by atoms with Crippen LogP contribution in [0.1, 0.15) is 23.6 Å². The summed E-state index contributed by atoms with van der Waals surface area (Å²) in [7, 11) is 0. The van der Waals surface area contributed by atoms with Crippen molar-refractivity contribution in [1.29, 1.82) is 0 Å². The second-order valence-corrected chi connectivity index (χ2v) is 2.94. The van der Waals surface area contributed by atoms with Gasteiger partial charge in [0, 0.05) is 0 Å². The highest BCUT2D eigenvalue weighted by atomic mass is 19.1. The Labute approximate surface area is 72.7 Å². The third kappa shape index (κ3) is 1.73. The molecule has 0 heterocycles. The van der Waals surface area contributed by atoms with Gasteiger partial charge in [-0.2, -0.15) is 0 Å². The average molecular weight is 164 g/mol. The molecule has 0 aliphatic rings. The minimum Gasteiger partial charge on any atom is -0.207 e. The first-order chi connectivity index (χ1) is 5.65. The van der Waals surface area contributed by atoms with Gasteiger partial charge in [-0.25, -0.2) is 4.39 Å². The van der Waals surface area contributed by atoms with Crippen LogP contribution in [0.2, 0.25) is 0 Å². The summed E-state index contributed by atoms with van der Waals surface area (Å²) in [6.45, 7) is 5.64. The van der Waals surface area contributed by atoms with Crippen LogP contribution in [-0.2, 0) is 0 Å². The van der Waals surface area contributed by atoms with Gasteiger partial charge < -0.3 is 0 Å². The Morgan fingerprint density at radius 2 is 1.92 bits per heavy atom. The molecule has 1 rings (SSSR count). The van der Waals surface area contributed by atoms with E-state index in [2.05, 4.69) is 0 Å². The minimum atomic E-state index is -0.122. The lowest BCUT2D eigenvalue weighted by atomic mass is 10.1. The second kappa shape index (κ2) is 3.53. The van der Waals surface area contributed by atoms with Crippen molar-refractivity contribution < 1.29 is 4.39 Å². The molecule has 1 aromatic rings. The molecule has 0 atom stereocenters. The SMILES string of the molecule is C/C=C/c1cc(C)c(C)c(F)c1. The van der Waals surface area contributed by atoms with Gasteiger partial charge in [-0.05, 0) is 43.5 Å². The van der Waals surface area contributed by atoms with E-state index in [4.69, 9.17) is 0 Å². The van der Waals surface area contributed by atoms with Gasteiger partial charge in [0.15, 0.2) is 0 Å². The Bertz CT molecular complexity index is 288. The van der Waals surface area contributed by atoms with Crippen LogP contribution in [0.15, 0.2) is 18.2 Å². The Morgan fingerprint density at radius 1 is 1.25 bits per heavy atom. The Morgan fingerprint density at radius 3 is 2.42 bits per heavy atom. The molecule has 0 N–H and O–H groups in total. The van der Waals surface area contributed by atoms with Crippen LogP contribution >= 0.6 is 0 Å². The molecule has 0 fully saturated rings. The Balaban J connectivity index is 3.21. The molecule has 1 aromatic carbocycles. The minimum absolute atomic E-state index is 0.122. The Hall–Kier alpha value is -1.11. The Kier molecular flexibility index (Phi) is 2.64. The zero-order valence-electron chi connectivity index (χ0n) is 7.69. The molecule has 0 aliphatic carbocycles. The van der Waals surface area contributed by atoms with Crippen molar-refractivity contribution in [2.45, 2.75) is 20.8 Å². The number of hydrogen-bond donors (Lipinski definition) is 0. The molecule has 0 nitrogen and oxygen atoms in total. The quantitative estimate of drug-likeness (QED) is 0.596. The first kappa shape index (κ1) is 8.98. The van der Waals surface area contributed by atoms with Crippen molar-refractivity contribution in [3.8, 4) is 0 Å². The van der Waals surface area contributed by atoms with Crippen LogP contribution in [-0.4, -0.2) is 0 Å². The van der Waals surface area contributed by atoms with Gasteiger partial charge in [0.05, 0.1) is 0 Å². The van der Waals surface area contributed by atoms with Crippen LogP contribution in [0.25, 0.3) is 6.08 Å². The number of allylic oxidation sites excluding steroid dienone is 1. The van der Waals surface area contributed by atoms with Gasteiger partial charge in [0.2, 0.25) is 0 Å². The molecule has 0 radical (unpaired) electrons. The highest BCUT2D eigenvalue weighted by Crippen LogP contribution is 2.15. The zero-order valence-corrected chi connectivity index (χ0v) is 7.69. The summed E-state index contributed by atoms with van der Waals surface area (Å²) in [6.07, 6.45) is 3.80. The number of halogens is 1. The number of benzene rings is 1. The predicted molar refractivity (Wildman–Crippen MR) is 50.6 cm³/mol. The van der Waals surface area contributed by atoms with Crippen LogP contribution in [0.5, 0.6) is 0 Å². The lowest BCUT2D eigenvalue weighted by molar-refractivity contribution is 0.616. The van der Waals surface area contributed by atoms with Crippen molar-refractivity contribution in [2.75, 3.05) is 0 Å². The summed E-state index contributed by atoms with van der Waals surface area (Å²) in [5.74, 6) is -0.122. The van der Waals surface area contributed by atoms with Crippen molar-refractivity contribution in [3.05, 3.63) is 40.7 Å². The van der Waals surface area contributed by atoms with E-state index in [9.17, 15) is 4.39 Å². The molecule has 0 aromatic heterocycles. The number of aryl methyl sites for hydroxylation is 1. The third-order valence-corrected chi connectivity index (χ3v) is 1.99. The predicted octanol–water partition coefficient (Wildman–Crippen LogP) is 3.48. The molecular weight excluding hydrogens is 151 g/mol. The van der Waals surface area contributed by atoms with E-state index < -0.39 is 0 Å². The molecule has 0 amide bonds. The maximum atomic E-state index is 13.1. The van der Waals surface area contributed by atoms with Gasteiger partial charge in [0.1, 0.15) is 5.82 Å². The fraction of sp³-hybridized carbons (Fsp3) is 0.273. The van der Waals surface area contributed by atoms with Gasteiger partial charge >= 0.3 is 0 Å². The lowest BCUT2D eigenvalue weighted by Crippen LogP contribution is -1.88. The summed E-state index contributed by atoms with van der Waals surface area (Å²) in [5, 5.41) is 0. The maximum Gasteiger partial charge on any atom is 0.126 e. The van der Waals surface area contributed by atoms with Crippen LogP contribution < -0.4 is 0 Å². The standard InChI is InChI=1S/C11H13F/c1-4-5-10-6-8(2)9(3)11(12)7-10/h4-7H,1-3H3/b5-4+. The topological polar surface area (TPSA) is 0 Å². The van der Waals surface area contributed by atoms with Crippen LogP contribution in [0.3, 0.4) is 0 Å². The largest absolute Gasteiger partial charge is 0.207 e.